The van der Waals surface area contributed by atoms with Crippen molar-refractivity contribution >= 4 is 23.4 Å². The SMILES string of the molecule is CC(C)Nc1ccccc1C(=O)NC1CC(=O)N(C)C1=O. The van der Waals surface area contributed by atoms with E-state index < -0.39 is 6.04 Å². The highest BCUT2D eigenvalue weighted by Crippen LogP contribution is 2.17. The fourth-order valence-electron chi connectivity index (χ4n) is 2.22. The highest BCUT2D eigenvalue weighted by atomic mass is 16.2. The largest absolute Gasteiger partial charge is 0.382 e. The van der Waals surface area contributed by atoms with Crippen LogP contribution in [-0.4, -0.2) is 41.8 Å². The first-order valence-corrected chi connectivity index (χ1v) is 6.87. The van der Waals surface area contributed by atoms with Gasteiger partial charge in [0.2, 0.25) is 5.91 Å². The van der Waals surface area contributed by atoms with E-state index in [2.05, 4.69) is 10.6 Å². The zero-order valence-corrected chi connectivity index (χ0v) is 12.3. The van der Waals surface area contributed by atoms with Crippen LogP contribution in [0.1, 0.15) is 30.6 Å². The molecule has 2 rings (SSSR count). The molecule has 1 atom stereocenters. The number of amides is 3. The van der Waals surface area contributed by atoms with Gasteiger partial charge in [-0.2, -0.15) is 0 Å². The van der Waals surface area contributed by atoms with E-state index >= 15 is 0 Å². The molecule has 0 saturated carbocycles. The van der Waals surface area contributed by atoms with E-state index in [0.29, 0.717) is 11.3 Å². The molecule has 1 heterocycles. The second kappa shape index (κ2) is 5.95. The summed E-state index contributed by atoms with van der Waals surface area (Å²) in [5.74, 6) is -1.01. The maximum atomic E-state index is 12.3. The smallest absolute Gasteiger partial charge is 0.254 e. The summed E-state index contributed by atoms with van der Waals surface area (Å²) in [5, 5.41) is 5.81. The van der Waals surface area contributed by atoms with Crippen molar-refractivity contribution in [2.45, 2.75) is 32.4 Å². The number of para-hydroxylation sites is 1. The summed E-state index contributed by atoms with van der Waals surface area (Å²) in [6.45, 7) is 3.95. The monoisotopic (exact) mass is 289 g/mol. The average Bonchev–Trinajstić information content (AvgIpc) is 2.66. The fourth-order valence-corrected chi connectivity index (χ4v) is 2.22. The van der Waals surface area contributed by atoms with Gasteiger partial charge in [-0.25, -0.2) is 0 Å². The normalized spacial score (nSPS) is 18.3. The molecule has 1 fully saturated rings. The minimum Gasteiger partial charge on any atom is -0.382 e. The molecule has 0 aromatic heterocycles. The predicted molar refractivity (Wildman–Crippen MR) is 78.8 cm³/mol. The van der Waals surface area contributed by atoms with Crippen LogP contribution in [0.2, 0.25) is 0 Å². The van der Waals surface area contributed by atoms with Gasteiger partial charge < -0.3 is 10.6 Å². The van der Waals surface area contributed by atoms with Crippen LogP contribution in [-0.2, 0) is 9.59 Å². The van der Waals surface area contributed by atoms with Crippen LogP contribution < -0.4 is 10.6 Å². The van der Waals surface area contributed by atoms with Crippen molar-refractivity contribution in [2.75, 3.05) is 12.4 Å². The van der Waals surface area contributed by atoms with Gasteiger partial charge >= 0.3 is 0 Å². The Bertz CT molecular complexity index is 583. The van der Waals surface area contributed by atoms with Crippen LogP contribution in [0.15, 0.2) is 24.3 Å². The highest BCUT2D eigenvalue weighted by Gasteiger charge is 2.37. The Kier molecular flexibility index (Phi) is 4.26. The minimum atomic E-state index is -0.776. The molecule has 21 heavy (non-hydrogen) atoms. The molecule has 0 spiro atoms. The van der Waals surface area contributed by atoms with Gasteiger partial charge in [0.15, 0.2) is 0 Å². The highest BCUT2D eigenvalue weighted by molar-refractivity contribution is 6.08. The number of hydrogen-bond acceptors (Lipinski definition) is 4. The Morgan fingerprint density at radius 2 is 1.95 bits per heavy atom. The molecule has 1 aliphatic heterocycles. The molecular formula is C15H19N3O3. The summed E-state index contributed by atoms with van der Waals surface area (Å²) in [4.78, 5) is 36.7. The maximum Gasteiger partial charge on any atom is 0.254 e. The number of rotatable bonds is 4. The average molecular weight is 289 g/mol. The molecule has 6 heteroatoms. The first-order chi connectivity index (χ1) is 9.90. The van der Waals surface area contributed by atoms with Gasteiger partial charge in [-0.1, -0.05) is 12.1 Å². The van der Waals surface area contributed by atoms with E-state index in [0.717, 1.165) is 4.90 Å². The Hall–Kier alpha value is -2.37. The number of nitrogens with zero attached hydrogens (tertiary/aromatic N) is 1. The van der Waals surface area contributed by atoms with Crippen LogP contribution >= 0.6 is 0 Å². The van der Waals surface area contributed by atoms with Crippen LogP contribution in [0.5, 0.6) is 0 Å². The second-order valence-electron chi connectivity index (χ2n) is 5.37. The van der Waals surface area contributed by atoms with E-state index in [9.17, 15) is 14.4 Å². The number of likely N-dealkylation sites (N-methyl/N-ethyl adjacent to an activating group) is 1. The van der Waals surface area contributed by atoms with E-state index in [-0.39, 0.29) is 30.2 Å². The van der Waals surface area contributed by atoms with Crippen molar-refractivity contribution in [3.8, 4) is 0 Å². The summed E-state index contributed by atoms with van der Waals surface area (Å²) in [6, 6.07) is 6.49. The third-order valence-electron chi connectivity index (χ3n) is 3.30. The van der Waals surface area contributed by atoms with E-state index in [1.807, 2.05) is 26.0 Å². The van der Waals surface area contributed by atoms with Gasteiger partial charge in [0.1, 0.15) is 6.04 Å². The lowest BCUT2D eigenvalue weighted by Gasteiger charge is -2.16. The first-order valence-electron chi connectivity index (χ1n) is 6.87. The molecule has 0 radical (unpaired) electrons. The van der Waals surface area contributed by atoms with Crippen molar-refractivity contribution in [1.82, 2.24) is 10.2 Å². The Morgan fingerprint density at radius 3 is 2.52 bits per heavy atom. The molecule has 0 bridgehead atoms. The van der Waals surface area contributed by atoms with Crippen molar-refractivity contribution in [3.63, 3.8) is 0 Å². The number of imide groups is 1. The summed E-state index contributed by atoms with van der Waals surface area (Å²) < 4.78 is 0. The van der Waals surface area contributed by atoms with Gasteiger partial charge in [-0.3, -0.25) is 19.3 Å². The summed E-state index contributed by atoms with van der Waals surface area (Å²) in [5.41, 5.74) is 1.16. The third-order valence-corrected chi connectivity index (χ3v) is 3.30. The maximum absolute atomic E-state index is 12.3. The molecule has 1 saturated heterocycles. The number of anilines is 1. The molecule has 0 aliphatic carbocycles. The molecule has 2 N–H and O–H groups in total. The first kappa shape index (κ1) is 15.0. The van der Waals surface area contributed by atoms with Gasteiger partial charge in [0, 0.05) is 18.8 Å². The number of carbonyl (C=O) groups excluding carboxylic acids is 3. The predicted octanol–water partition coefficient (Wildman–Crippen LogP) is 0.994. The van der Waals surface area contributed by atoms with Gasteiger partial charge in [0.25, 0.3) is 11.8 Å². The Morgan fingerprint density at radius 1 is 1.29 bits per heavy atom. The lowest BCUT2D eigenvalue weighted by atomic mass is 10.1. The van der Waals surface area contributed by atoms with Gasteiger partial charge in [0.05, 0.1) is 12.0 Å². The van der Waals surface area contributed by atoms with Gasteiger partial charge in [-0.05, 0) is 26.0 Å². The minimum absolute atomic E-state index is 0.0147. The number of likely N-dealkylation sites (tertiary alicyclic amines) is 1. The topological polar surface area (TPSA) is 78.5 Å². The standard InChI is InChI=1S/C15H19N3O3/c1-9(2)16-11-7-5-4-6-10(11)14(20)17-12-8-13(19)18(3)15(12)21/h4-7,9,12,16H,8H2,1-3H3,(H,17,20). The second-order valence-corrected chi connectivity index (χ2v) is 5.37. The Balaban J connectivity index is 2.14. The zero-order valence-electron chi connectivity index (χ0n) is 12.3. The number of carbonyl (C=O) groups is 3. The molecule has 1 aromatic carbocycles. The lowest BCUT2D eigenvalue weighted by Crippen LogP contribution is -2.40. The summed E-state index contributed by atoms with van der Waals surface area (Å²) in [7, 11) is 1.42. The van der Waals surface area contributed by atoms with Crippen LogP contribution in [0.3, 0.4) is 0 Å². The van der Waals surface area contributed by atoms with E-state index in [4.69, 9.17) is 0 Å². The van der Waals surface area contributed by atoms with Crippen molar-refractivity contribution in [3.05, 3.63) is 29.8 Å². The molecule has 1 aliphatic rings. The zero-order chi connectivity index (χ0) is 15.6. The molecule has 1 unspecified atom stereocenters. The molecule has 1 aromatic rings. The number of benzene rings is 1. The van der Waals surface area contributed by atoms with E-state index in [1.54, 1.807) is 12.1 Å². The molecular weight excluding hydrogens is 270 g/mol. The Labute approximate surface area is 123 Å². The summed E-state index contributed by atoms with van der Waals surface area (Å²) in [6.07, 6.45) is 0.0147. The lowest BCUT2D eigenvalue weighted by molar-refractivity contribution is -0.137. The number of hydrogen-bond donors (Lipinski definition) is 2. The number of nitrogens with one attached hydrogen (secondary N) is 2. The van der Waals surface area contributed by atoms with Crippen molar-refractivity contribution in [2.24, 2.45) is 0 Å². The molecule has 112 valence electrons. The van der Waals surface area contributed by atoms with Crippen LogP contribution in [0.4, 0.5) is 5.69 Å². The van der Waals surface area contributed by atoms with Crippen LogP contribution in [0.25, 0.3) is 0 Å². The molecule has 6 nitrogen and oxygen atoms in total. The molecule has 3 amide bonds. The van der Waals surface area contributed by atoms with Gasteiger partial charge in [-0.15, -0.1) is 0 Å². The third kappa shape index (κ3) is 3.21. The fraction of sp³-hybridized carbons (Fsp3) is 0.400. The van der Waals surface area contributed by atoms with Crippen molar-refractivity contribution in [1.29, 1.82) is 0 Å². The summed E-state index contributed by atoms with van der Waals surface area (Å²) >= 11 is 0. The van der Waals surface area contributed by atoms with E-state index in [1.165, 1.54) is 7.05 Å². The van der Waals surface area contributed by atoms with Crippen LogP contribution in [0, 0.1) is 0 Å². The quantitative estimate of drug-likeness (QED) is 0.810. The van der Waals surface area contributed by atoms with Crippen molar-refractivity contribution < 1.29 is 14.4 Å².